The third kappa shape index (κ3) is 4.46. The van der Waals surface area contributed by atoms with Crippen LogP contribution in [0.25, 0.3) is 6.08 Å². The van der Waals surface area contributed by atoms with Gasteiger partial charge in [0.25, 0.3) is 0 Å². The Morgan fingerprint density at radius 2 is 1.59 bits per heavy atom. The largest absolute Gasteiger partial charge is 0.496 e. The van der Waals surface area contributed by atoms with Gasteiger partial charge in [0.2, 0.25) is 5.78 Å². The summed E-state index contributed by atoms with van der Waals surface area (Å²) >= 11 is 6.29. The number of hydrogen-bond acceptors (Lipinski definition) is 6. The number of rotatable bonds is 7. The number of benzene rings is 2. The molecule has 0 aliphatic carbocycles. The van der Waals surface area contributed by atoms with E-state index in [4.69, 9.17) is 31.5 Å². The molecule has 0 bridgehead atoms. The van der Waals surface area contributed by atoms with E-state index in [9.17, 15) is 4.79 Å². The molecule has 0 heterocycles. The summed E-state index contributed by atoms with van der Waals surface area (Å²) in [6, 6.07) is 8.44. The molecule has 6 nitrogen and oxygen atoms in total. The molecule has 0 spiro atoms. The van der Waals surface area contributed by atoms with Gasteiger partial charge < -0.3 is 24.8 Å². The van der Waals surface area contributed by atoms with E-state index in [-0.39, 0.29) is 10.8 Å². The molecule has 0 amide bonds. The van der Waals surface area contributed by atoms with Gasteiger partial charge >= 0.3 is 0 Å². The molecule has 0 saturated carbocycles. The number of ketones is 1. The Bertz CT molecular complexity index is 879. The molecule has 144 valence electrons. The number of nitrogens with zero attached hydrogens (tertiary/aromatic N) is 1. The van der Waals surface area contributed by atoms with Crippen molar-refractivity contribution in [2.75, 3.05) is 46.1 Å². The highest BCUT2D eigenvalue weighted by Gasteiger charge is 2.16. The van der Waals surface area contributed by atoms with Crippen LogP contribution >= 0.6 is 11.6 Å². The van der Waals surface area contributed by atoms with Crippen LogP contribution in [0.2, 0.25) is 0 Å². The minimum absolute atomic E-state index is 0.0255. The van der Waals surface area contributed by atoms with Crippen molar-refractivity contribution in [2.45, 2.75) is 0 Å². The van der Waals surface area contributed by atoms with Gasteiger partial charge in [-0.15, -0.1) is 0 Å². The first-order valence-electron chi connectivity index (χ1n) is 8.11. The molecule has 2 rings (SSSR count). The van der Waals surface area contributed by atoms with Crippen molar-refractivity contribution in [3.63, 3.8) is 0 Å². The Labute approximate surface area is 164 Å². The number of carbonyl (C=O) groups is 1. The van der Waals surface area contributed by atoms with Crippen molar-refractivity contribution < 1.29 is 19.0 Å². The van der Waals surface area contributed by atoms with Crippen LogP contribution in [0.15, 0.2) is 35.4 Å². The zero-order valence-corrected chi connectivity index (χ0v) is 16.8. The molecule has 2 aromatic carbocycles. The number of nitrogen functional groups attached to an aromatic ring is 1. The first kappa shape index (κ1) is 20.5. The molecule has 0 fully saturated rings. The summed E-state index contributed by atoms with van der Waals surface area (Å²) < 4.78 is 15.9. The molecule has 7 heteroatoms. The van der Waals surface area contributed by atoms with Gasteiger partial charge in [-0.1, -0.05) is 11.6 Å². The summed E-state index contributed by atoms with van der Waals surface area (Å²) in [6.45, 7) is 0. The summed E-state index contributed by atoms with van der Waals surface area (Å²) in [6.07, 6.45) is 1.53. The van der Waals surface area contributed by atoms with Crippen molar-refractivity contribution in [1.82, 2.24) is 0 Å². The molecule has 0 unspecified atom stereocenters. The lowest BCUT2D eigenvalue weighted by Gasteiger charge is -2.15. The lowest BCUT2D eigenvalue weighted by Crippen LogP contribution is -2.12. The molecule has 0 atom stereocenters. The number of allylic oxidation sites excluding steroid dienone is 1. The van der Waals surface area contributed by atoms with Crippen molar-refractivity contribution in [1.29, 1.82) is 0 Å². The molecule has 0 aliphatic rings. The molecule has 27 heavy (non-hydrogen) atoms. The van der Waals surface area contributed by atoms with Gasteiger partial charge in [0.15, 0.2) is 11.5 Å². The first-order valence-corrected chi connectivity index (χ1v) is 8.48. The normalized spacial score (nSPS) is 11.1. The molecule has 2 aromatic rings. The quantitative estimate of drug-likeness (QED) is 0.440. The molecule has 0 radical (unpaired) electrons. The number of methoxy groups -OCH3 is 3. The van der Waals surface area contributed by atoms with E-state index >= 15 is 0 Å². The van der Waals surface area contributed by atoms with Gasteiger partial charge in [0, 0.05) is 31.3 Å². The van der Waals surface area contributed by atoms with Crippen LogP contribution in [-0.4, -0.2) is 41.2 Å². The lowest BCUT2D eigenvalue weighted by atomic mass is 10.1. The van der Waals surface area contributed by atoms with Crippen LogP contribution in [0.4, 0.5) is 11.4 Å². The predicted octanol–water partition coefficient (Wildman–Crippen LogP) is 3.82. The number of Topliss-reactive ketones (excluding diaryl/α,β-unsaturated/α-hetero) is 1. The Morgan fingerprint density at radius 3 is 2.11 bits per heavy atom. The standard InChI is InChI=1S/C20H23ClN2O4/c1-23(2)16-7-6-12(9-15(16)22)20(24)14(21)8-13-10-18(26-4)19(27-5)11-17(13)25-3/h6-11H,22H2,1-5H3. The fourth-order valence-electron chi connectivity index (χ4n) is 2.61. The van der Waals surface area contributed by atoms with Crippen LogP contribution in [-0.2, 0) is 0 Å². The van der Waals surface area contributed by atoms with E-state index in [0.717, 1.165) is 5.69 Å². The van der Waals surface area contributed by atoms with Gasteiger partial charge in [0.1, 0.15) is 5.75 Å². The van der Waals surface area contributed by atoms with Gasteiger partial charge in [0.05, 0.1) is 37.7 Å². The average molecular weight is 391 g/mol. The van der Waals surface area contributed by atoms with Crippen molar-refractivity contribution in [3.8, 4) is 17.2 Å². The molecule has 0 aliphatic heterocycles. The van der Waals surface area contributed by atoms with Crippen LogP contribution < -0.4 is 24.8 Å². The second-order valence-corrected chi connectivity index (χ2v) is 6.35. The highest BCUT2D eigenvalue weighted by molar-refractivity contribution is 6.47. The number of ether oxygens (including phenoxy) is 3. The number of carbonyl (C=O) groups excluding carboxylic acids is 1. The van der Waals surface area contributed by atoms with Crippen LogP contribution in [0.1, 0.15) is 15.9 Å². The topological polar surface area (TPSA) is 74.0 Å². The van der Waals surface area contributed by atoms with Gasteiger partial charge in [-0.3, -0.25) is 4.79 Å². The van der Waals surface area contributed by atoms with Crippen LogP contribution in [0, 0.1) is 0 Å². The fourth-order valence-corrected chi connectivity index (χ4v) is 2.84. The molecule has 0 saturated heterocycles. The Hall–Kier alpha value is -2.86. The first-order chi connectivity index (χ1) is 12.8. The number of nitrogens with two attached hydrogens (primary N) is 1. The summed E-state index contributed by atoms with van der Waals surface area (Å²) in [5.41, 5.74) is 8.34. The number of hydrogen-bond donors (Lipinski definition) is 1. The average Bonchev–Trinajstić information content (AvgIpc) is 2.66. The monoisotopic (exact) mass is 390 g/mol. The maximum Gasteiger partial charge on any atom is 0.204 e. The van der Waals surface area contributed by atoms with Crippen LogP contribution in [0.5, 0.6) is 17.2 Å². The zero-order valence-electron chi connectivity index (χ0n) is 16.0. The third-order valence-electron chi connectivity index (χ3n) is 4.01. The smallest absolute Gasteiger partial charge is 0.204 e. The summed E-state index contributed by atoms with van der Waals surface area (Å²) in [4.78, 5) is 14.6. The Morgan fingerprint density at radius 1 is 1.00 bits per heavy atom. The van der Waals surface area contributed by atoms with E-state index < -0.39 is 0 Å². The van der Waals surface area contributed by atoms with E-state index in [1.807, 2.05) is 19.0 Å². The molecular formula is C20H23ClN2O4. The molecular weight excluding hydrogens is 368 g/mol. The highest BCUT2D eigenvalue weighted by Crippen LogP contribution is 2.36. The van der Waals surface area contributed by atoms with Gasteiger partial charge in [-0.2, -0.15) is 0 Å². The minimum Gasteiger partial charge on any atom is -0.496 e. The van der Waals surface area contributed by atoms with Crippen LogP contribution in [0.3, 0.4) is 0 Å². The number of halogens is 1. The van der Waals surface area contributed by atoms with E-state index in [1.54, 1.807) is 30.3 Å². The lowest BCUT2D eigenvalue weighted by molar-refractivity contribution is 0.104. The van der Waals surface area contributed by atoms with E-state index in [0.29, 0.717) is 34.1 Å². The SMILES string of the molecule is COc1cc(OC)c(OC)cc1C=C(Cl)C(=O)c1ccc(N(C)C)c(N)c1. The maximum absolute atomic E-state index is 12.7. The third-order valence-corrected chi connectivity index (χ3v) is 4.29. The van der Waals surface area contributed by atoms with Gasteiger partial charge in [-0.25, -0.2) is 0 Å². The van der Waals surface area contributed by atoms with Crippen molar-refractivity contribution in [3.05, 3.63) is 46.5 Å². The Kier molecular flexibility index (Phi) is 6.58. The second-order valence-electron chi connectivity index (χ2n) is 5.94. The molecule has 2 N–H and O–H groups in total. The van der Waals surface area contributed by atoms with Gasteiger partial charge in [-0.05, 0) is 30.3 Å². The highest BCUT2D eigenvalue weighted by atomic mass is 35.5. The molecule has 0 aromatic heterocycles. The number of anilines is 2. The summed E-state index contributed by atoms with van der Waals surface area (Å²) in [5.74, 6) is 1.17. The minimum atomic E-state index is -0.342. The second kappa shape index (κ2) is 8.68. The zero-order chi connectivity index (χ0) is 20.1. The maximum atomic E-state index is 12.7. The van der Waals surface area contributed by atoms with Crippen molar-refractivity contribution >= 4 is 34.8 Å². The predicted molar refractivity (Wildman–Crippen MR) is 109 cm³/mol. The Balaban J connectivity index is 2.42. The van der Waals surface area contributed by atoms with E-state index in [2.05, 4.69) is 0 Å². The summed E-state index contributed by atoms with van der Waals surface area (Å²) in [7, 11) is 8.34. The summed E-state index contributed by atoms with van der Waals surface area (Å²) in [5, 5.41) is 0.0255. The fraction of sp³-hybridized carbons (Fsp3) is 0.250. The van der Waals surface area contributed by atoms with E-state index in [1.165, 1.54) is 27.4 Å². The van der Waals surface area contributed by atoms with Crippen molar-refractivity contribution in [2.24, 2.45) is 0 Å².